The molecule has 3 atom stereocenters. The molecule has 0 fully saturated rings. The van der Waals surface area contributed by atoms with E-state index in [2.05, 4.69) is 0 Å². The summed E-state index contributed by atoms with van der Waals surface area (Å²) in [5, 5.41) is 73.3. The lowest BCUT2D eigenvalue weighted by molar-refractivity contribution is -0.146. The van der Waals surface area contributed by atoms with E-state index in [1.165, 1.54) is 20.8 Å². The summed E-state index contributed by atoms with van der Waals surface area (Å²) in [5.74, 6) is -3.56. The Balaban J connectivity index is -0.000000133. The normalized spacial score (nSPS) is 13.1. The predicted octanol–water partition coefficient (Wildman–Crippen LogP) is -2.28. The van der Waals surface area contributed by atoms with Gasteiger partial charge in [-0.25, -0.2) is 14.4 Å². The molecule has 0 aliphatic carbocycles. The van der Waals surface area contributed by atoms with E-state index in [0.717, 1.165) is 0 Å². The molecule has 0 radical (unpaired) electrons. The standard InChI is InChI=1S/C6H14O3.3C3H6O3/c1-2-6(3-7,4-8)5-9;3*1-2(4)3(5)6/h7-9H,2-5H2,1H3;3*2,4H,1H3,(H,5,6). The third-order valence-corrected chi connectivity index (χ3v) is 2.83. The van der Waals surface area contributed by atoms with Gasteiger partial charge >= 0.3 is 17.9 Å². The van der Waals surface area contributed by atoms with Gasteiger partial charge in [0.15, 0.2) is 0 Å². The molecule has 0 heterocycles. The largest absolute Gasteiger partial charge is 0.479 e. The van der Waals surface area contributed by atoms with Gasteiger partial charge < -0.3 is 46.0 Å². The topological polar surface area (TPSA) is 233 Å². The molecule has 0 aliphatic heterocycles. The van der Waals surface area contributed by atoms with Crippen molar-refractivity contribution >= 4 is 17.9 Å². The number of carboxylic acids is 3. The molecule has 0 bridgehead atoms. The van der Waals surface area contributed by atoms with E-state index in [9.17, 15) is 14.4 Å². The van der Waals surface area contributed by atoms with Crippen molar-refractivity contribution in [3.8, 4) is 0 Å². The quantitative estimate of drug-likeness (QED) is 0.218. The molecule has 0 aromatic carbocycles. The molecule has 0 aromatic heterocycles. The van der Waals surface area contributed by atoms with Crippen LogP contribution in [0.25, 0.3) is 0 Å². The lowest BCUT2D eigenvalue weighted by Crippen LogP contribution is -2.32. The number of carboxylic acid groups (broad SMARTS) is 3. The lowest BCUT2D eigenvalue weighted by atomic mass is 9.88. The summed E-state index contributed by atoms with van der Waals surface area (Å²) >= 11 is 0. The van der Waals surface area contributed by atoms with Gasteiger partial charge in [0.25, 0.3) is 0 Å². The summed E-state index contributed by atoms with van der Waals surface area (Å²) in [6.45, 7) is 4.94. The van der Waals surface area contributed by atoms with Gasteiger partial charge in [-0.2, -0.15) is 0 Å². The zero-order valence-corrected chi connectivity index (χ0v) is 15.8. The highest BCUT2D eigenvalue weighted by Gasteiger charge is 2.24. The van der Waals surface area contributed by atoms with Gasteiger partial charge in [-0.1, -0.05) is 6.92 Å². The minimum atomic E-state index is -1.23. The van der Waals surface area contributed by atoms with Gasteiger partial charge in [0.05, 0.1) is 19.8 Å². The minimum absolute atomic E-state index is 0.156. The zero-order chi connectivity index (χ0) is 22.8. The van der Waals surface area contributed by atoms with Crippen molar-refractivity contribution in [1.29, 1.82) is 0 Å². The average molecular weight is 404 g/mol. The van der Waals surface area contributed by atoms with E-state index in [1.807, 2.05) is 6.92 Å². The summed E-state index contributed by atoms with van der Waals surface area (Å²) in [6.07, 6.45) is -3.10. The Morgan fingerprint density at radius 3 is 0.815 bits per heavy atom. The number of hydrogen-bond acceptors (Lipinski definition) is 9. The number of aliphatic hydroxyl groups excluding tert-OH is 6. The Morgan fingerprint density at radius 2 is 0.815 bits per heavy atom. The van der Waals surface area contributed by atoms with Crippen LogP contribution in [0.2, 0.25) is 0 Å². The van der Waals surface area contributed by atoms with Crippen LogP contribution in [0.15, 0.2) is 0 Å². The fourth-order valence-corrected chi connectivity index (χ4v) is 0.485. The second-order valence-electron chi connectivity index (χ2n) is 5.37. The molecule has 0 aliphatic rings. The third kappa shape index (κ3) is 24.2. The number of rotatable bonds is 7. The molecule has 12 heteroatoms. The van der Waals surface area contributed by atoms with Gasteiger partial charge in [0.2, 0.25) is 0 Å². The van der Waals surface area contributed by atoms with Crippen molar-refractivity contribution in [2.45, 2.75) is 52.4 Å². The van der Waals surface area contributed by atoms with Crippen LogP contribution in [-0.4, -0.2) is 102 Å². The Morgan fingerprint density at radius 1 is 0.667 bits per heavy atom. The average Bonchev–Trinajstić information content (AvgIpc) is 2.58. The first-order valence-electron chi connectivity index (χ1n) is 7.73. The fourth-order valence-electron chi connectivity index (χ4n) is 0.485. The van der Waals surface area contributed by atoms with Crippen LogP contribution in [0.3, 0.4) is 0 Å². The molecule has 27 heavy (non-hydrogen) atoms. The van der Waals surface area contributed by atoms with Crippen LogP contribution in [0.4, 0.5) is 0 Å². The Bertz CT molecular complexity index is 328. The van der Waals surface area contributed by atoms with E-state index >= 15 is 0 Å². The summed E-state index contributed by atoms with van der Waals surface area (Å²) in [5.41, 5.74) is -0.667. The van der Waals surface area contributed by atoms with Crippen molar-refractivity contribution in [2.24, 2.45) is 5.41 Å². The van der Waals surface area contributed by atoms with Crippen molar-refractivity contribution in [3.63, 3.8) is 0 Å². The van der Waals surface area contributed by atoms with E-state index in [4.69, 9.17) is 46.0 Å². The van der Waals surface area contributed by atoms with Gasteiger partial charge in [-0.15, -0.1) is 0 Å². The van der Waals surface area contributed by atoms with Gasteiger partial charge in [-0.3, -0.25) is 0 Å². The van der Waals surface area contributed by atoms with Crippen LogP contribution in [0, 0.1) is 5.41 Å². The highest BCUT2D eigenvalue weighted by atomic mass is 16.4. The second-order valence-corrected chi connectivity index (χ2v) is 5.37. The molecule has 0 aromatic rings. The van der Waals surface area contributed by atoms with Crippen molar-refractivity contribution in [3.05, 3.63) is 0 Å². The van der Waals surface area contributed by atoms with Gasteiger partial charge in [0, 0.05) is 5.41 Å². The van der Waals surface area contributed by atoms with Crippen molar-refractivity contribution < 1.29 is 60.3 Å². The number of aliphatic hydroxyl groups is 6. The molecular weight excluding hydrogens is 372 g/mol. The first-order chi connectivity index (χ1) is 12.2. The summed E-state index contributed by atoms with van der Waals surface area (Å²) in [6, 6.07) is 0. The highest BCUT2D eigenvalue weighted by molar-refractivity contribution is 5.71. The second kappa shape index (κ2) is 18.9. The number of hydrogen-bond donors (Lipinski definition) is 9. The summed E-state index contributed by atoms with van der Waals surface area (Å²) in [4.78, 5) is 28.3. The van der Waals surface area contributed by atoms with Crippen LogP contribution in [-0.2, 0) is 14.4 Å². The Hall–Kier alpha value is -1.83. The maximum absolute atomic E-state index is 9.45. The zero-order valence-electron chi connectivity index (χ0n) is 15.8. The van der Waals surface area contributed by atoms with Crippen LogP contribution in [0.5, 0.6) is 0 Å². The van der Waals surface area contributed by atoms with Crippen LogP contribution >= 0.6 is 0 Å². The molecule has 0 rings (SSSR count). The molecular formula is C15H32O12. The van der Waals surface area contributed by atoms with Crippen molar-refractivity contribution in [2.75, 3.05) is 19.8 Å². The Labute approximate surface area is 156 Å². The summed E-state index contributed by atoms with van der Waals surface area (Å²) < 4.78 is 0. The van der Waals surface area contributed by atoms with Crippen molar-refractivity contribution in [1.82, 2.24) is 0 Å². The van der Waals surface area contributed by atoms with E-state index in [0.29, 0.717) is 6.42 Å². The summed E-state index contributed by atoms with van der Waals surface area (Å²) in [7, 11) is 0. The number of aliphatic carboxylic acids is 3. The maximum Gasteiger partial charge on any atom is 0.332 e. The van der Waals surface area contributed by atoms with E-state index < -0.39 is 41.6 Å². The molecule has 0 amide bonds. The van der Waals surface area contributed by atoms with E-state index in [-0.39, 0.29) is 19.8 Å². The molecule has 0 saturated carbocycles. The monoisotopic (exact) mass is 404 g/mol. The molecule has 9 N–H and O–H groups in total. The smallest absolute Gasteiger partial charge is 0.332 e. The van der Waals surface area contributed by atoms with Crippen LogP contribution < -0.4 is 0 Å². The lowest BCUT2D eigenvalue weighted by Gasteiger charge is -2.24. The third-order valence-electron chi connectivity index (χ3n) is 2.83. The maximum atomic E-state index is 9.45. The first-order valence-corrected chi connectivity index (χ1v) is 7.73. The van der Waals surface area contributed by atoms with E-state index in [1.54, 1.807) is 0 Å². The minimum Gasteiger partial charge on any atom is -0.479 e. The van der Waals surface area contributed by atoms with Gasteiger partial charge in [-0.05, 0) is 27.2 Å². The molecule has 3 unspecified atom stereocenters. The predicted molar refractivity (Wildman–Crippen MR) is 91.9 cm³/mol. The molecule has 12 nitrogen and oxygen atoms in total. The highest BCUT2D eigenvalue weighted by Crippen LogP contribution is 2.18. The first kappa shape index (κ1) is 32.8. The molecule has 0 saturated heterocycles. The van der Waals surface area contributed by atoms with Crippen LogP contribution in [0.1, 0.15) is 34.1 Å². The SMILES string of the molecule is CC(O)C(=O)O.CC(O)C(=O)O.CC(O)C(=O)O.CCC(CO)(CO)CO. The van der Waals surface area contributed by atoms with Gasteiger partial charge in [0.1, 0.15) is 18.3 Å². The molecule has 164 valence electrons. The number of carbonyl (C=O) groups is 3. The fraction of sp³-hybridized carbons (Fsp3) is 0.800. The Kier molecular flexibility index (Phi) is 23.0. The molecule has 0 spiro atoms.